The lowest BCUT2D eigenvalue weighted by molar-refractivity contribution is -0.137. The van der Waals surface area contributed by atoms with Gasteiger partial charge in [-0.3, -0.25) is 4.79 Å². The standard InChI is InChI=1S/C14H17ClF3N3O2/c15-11-6-10(14(16,17)18)8-21-13(11)23-5-4-20-12(22)9-2-1-3-19-7-9/h6,8-9,19H,1-5,7H2,(H,20,22). The Labute approximate surface area is 136 Å². The third-order valence-electron chi connectivity index (χ3n) is 3.44. The Morgan fingerprint density at radius 3 is 2.91 bits per heavy atom. The molecule has 1 atom stereocenters. The first-order valence-electron chi connectivity index (χ1n) is 7.22. The highest BCUT2D eigenvalue weighted by atomic mass is 35.5. The van der Waals surface area contributed by atoms with Gasteiger partial charge < -0.3 is 15.4 Å². The molecule has 1 amide bonds. The van der Waals surface area contributed by atoms with Crippen LogP contribution >= 0.6 is 11.6 Å². The van der Waals surface area contributed by atoms with E-state index in [1.165, 1.54) is 0 Å². The van der Waals surface area contributed by atoms with Crippen LogP contribution in [0, 0.1) is 5.92 Å². The topological polar surface area (TPSA) is 63.2 Å². The fourth-order valence-electron chi connectivity index (χ4n) is 2.23. The van der Waals surface area contributed by atoms with Crippen molar-refractivity contribution in [3.63, 3.8) is 0 Å². The van der Waals surface area contributed by atoms with Gasteiger partial charge in [-0.1, -0.05) is 11.6 Å². The second-order valence-electron chi connectivity index (χ2n) is 5.19. The maximum atomic E-state index is 12.5. The number of halogens is 4. The molecule has 1 fully saturated rings. The molecule has 2 heterocycles. The molecule has 0 aliphatic carbocycles. The molecule has 0 saturated carbocycles. The van der Waals surface area contributed by atoms with Gasteiger partial charge in [0.05, 0.1) is 18.0 Å². The highest BCUT2D eigenvalue weighted by Gasteiger charge is 2.31. The number of nitrogens with one attached hydrogen (secondary N) is 2. The highest BCUT2D eigenvalue weighted by molar-refractivity contribution is 6.31. The molecule has 0 radical (unpaired) electrons. The summed E-state index contributed by atoms with van der Waals surface area (Å²) in [5, 5.41) is 5.65. The Kier molecular flexibility index (Phi) is 6.06. The van der Waals surface area contributed by atoms with E-state index < -0.39 is 11.7 Å². The number of ether oxygens (including phenoxy) is 1. The first-order chi connectivity index (χ1) is 10.9. The molecule has 2 N–H and O–H groups in total. The Morgan fingerprint density at radius 2 is 2.30 bits per heavy atom. The summed E-state index contributed by atoms with van der Waals surface area (Å²) >= 11 is 5.72. The van der Waals surface area contributed by atoms with E-state index in [4.69, 9.17) is 16.3 Å². The Bertz CT molecular complexity index is 549. The molecule has 2 rings (SSSR count). The molecule has 23 heavy (non-hydrogen) atoms. The van der Waals surface area contributed by atoms with Crippen molar-refractivity contribution < 1.29 is 22.7 Å². The van der Waals surface area contributed by atoms with Gasteiger partial charge >= 0.3 is 6.18 Å². The summed E-state index contributed by atoms with van der Waals surface area (Å²) in [4.78, 5) is 15.4. The molecule has 0 bridgehead atoms. The van der Waals surface area contributed by atoms with Crippen molar-refractivity contribution in [2.24, 2.45) is 5.92 Å². The molecule has 1 aliphatic rings. The molecule has 1 saturated heterocycles. The van der Waals surface area contributed by atoms with Crippen LogP contribution < -0.4 is 15.4 Å². The predicted molar refractivity (Wildman–Crippen MR) is 78.3 cm³/mol. The van der Waals surface area contributed by atoms with Gasteiger partial charge in [-0.15, -0.1) is 0 Å². The number of hydrogen-bond acceptors (Lipinski definition) is 4. The maximum Gasteiger partial charge on any atom is 0.417 e. The van der Waals surface area contributed by atoms with E-state index in [-0.39, 0.29) is 35.9 Å². The summed E-state index contributed by atoms with van der Waals surface area (Å²) in [6, 6.07) is 0.760. The average molecular weight is 352 g/mol. The second kappa shape index (κ2) is 7.83. The SMILES string of the molecule is O=C(NCCOc1ncc(C(F)(F)F)cc1Cl)C1CCCNC1. The van der Waals surface area contributed by atoms with Crippen molar-refractivity contribution in [3.8, 4) is 5.88 Å². The summed E-state index contributed by atoms with van der Waals surface area (Å²) in [5.41, 5.74) is -0.937. The summed E-state index contributed by atoms with van der Waals surface area (Å²) < 4.78 is 42.6. The number of pyridine rings is 1. The molecule has 1 aromatic heterocycles. The van der Waals surface area contributed by atoms with Gasteiger partial charge in [-0.25, -0.2) is 4.98 Å². The van der Waals surface area contributed by atoms with Crippen LogP contribution in [-0.4, -0.2) is 37.1 Å². The van der Waals surface area contributed by atoms with Crippen LogP contribution in [0.2, 0.25) is 5.02 Å². The number of piperidine rings is 1. The van der Waals surface area contributed by atoms with Gasteiger partial charge in [0.15, 0.2) is 0 Å². The van der Waals surface area contributed by atoms with Crippen molar-refractivity contribution in [2.75, 3.05) is 26.2 Å². The number of hydrogen-bond donors (Lipinski definition) is 2. The van der Waals surface area contributed by atoms with Crippen LogP contribution in [0.15, 0.2) is 12.3 Å². The molecule has 128 valence electrons. The molecule has 1 unspecified atom stereocenters. The first kappa shape index (κ1) is 17.8. The van der Waals surface area contributed by atoms with Gasteiger partial charge in [-0.2, -0.15) is 13.2 Å². The van der Waals surface area contributed by atoms with E-state index >= 15 is 0 Å². The van der Waals surface area contributed by atoms with Crippen LogP contribution in [0.4, 0.5) is 13.2 Å². The molecule has 9 heteroatoms. The zero-order chi connectivity index (χ0) is 16.9. The van der Waals surface area contributed by atoms with Crippen molar-refractivity contribution in [1.82, 2.24) is 15.6 Å². The average Bonchev–Trinajstić information content (AvgIpc) is 2.52. The summed E-state index contributed by atoms with van der Waals surface area (Å²) in [6.07, 6.45) is -2.05. The van der Waals surface area contributed by atoms with Crippen LogP contribution in [0.1, 0.15) is 18.4 Å². The lowest BCUT2D eigenvalue weighted by Crippen LogP contribution is -2.41. The minimum absolute atomic E-state index is 0.0588. The molecular weight excluding hydrogens is 335 g/mol. The summed E-state index contributed by atoms with van der Waals surface area (Å²) in [6.45, 7) is 1.88. The Hall–Kier alpha value is -1.54. The van der Waals surface area contributed by atoms with E-state index in [9.17, 15) is 18.0 Å². The van der Waals surface area contributed by atoms with Crippen molar-refractivity contribution in [2.45, 2.75) is 19.0 Å². The highest BCUT2D eigenvalue weighted by Crippen LogP contribution is 2.32. The summed E-state index contributed by atoms with van der Waals surface area (Å²) in [5.74, 6) is -0.211. The smallest absolute Gasteiger partial charge is 0.417 e. The quantitative estimate of drug-likeness (QED) is 0.799. The molecule has 5 nitrogen and oxygen atoms in total. The lowest BCUT2D eigenvalue weighted by atomic mass is 9.99. The van der Waals surface area contributed by atoms with Crippen molar-refractivity contribution in [1.29, 1.82) is 0 Å². The number of alkyl halides is 3. The third-order valence-corrected chi connectivity index (χ3v) is 3.71. The Balaban J connectivity index is 1.77. The van der Waals surface area contributed by atoms with Gasteiger partial charge in [0.2, 0.25) is 11.8 Å². The minimum atomic E-state index is -4.50. The zero-order valence-electron chi connectivity index (χ0n) is 12.3. The van der Waals surface area contributed by atoms with Crippen LogP contribution in [-0.2, 0) is 11.0 Å². The van der Waals surface area contributed by atoms with E-state index in [2.05, 4.69) is 15.6 Å². The fourth-order valence-corrected chi connectivity index (χ4v) is 2.45. The number of rotatable bonds is 5. The number of aromatic nitrogens is 1. The van der Waals surface area contributed by atoms with Gasteiger partial charge in [0.1, 0.15) is 11.6 Å². The number of amides is 1. The predicted octanol–water partition coefficient (Wildman–Crippen LogP) is 2.25. The minimum Gasteiger partial charge on any atom is -0.475 e. The lowest BCUT2D eigenvalue weighted by Gasteiger charge is -2.21. The number of nitrogens with zero attached hydrogens (tertiary/aromatic N) is 1. The fraction of sp³-hybridized carbons (Fsp3) is 0.571. The van der Waals surface area contributed by atoms with E-state index in [0.717, 1.165) is 25.5 Å². The number of carbonyl (C=O) groups excluding carboxylic acids is 1. The van der Waals surface area contributed by atoms with Gasteiger partial charge in [0, 0.05) is 12.7 Å². The van der Waals surface area contributed by atoms with Crippen molar-refractivity contribution >= 4 is 17.5 Å². The summed E-state index contributed by atoms with van der Waals surface area (Å²) in [7, 11) is 0. The molecule has 1 aliphatic heterocycles. The molecule has 1 aromatic rings. The van der Waals surface area contributed by atoms with Crippen molar-refractivity contribution in [3.05, 3.63) is 22.8 Å². The normalized spacial score (nSPS) is 18.5. The molecule has 0 spiro atoms. The number of carbonyl (C=O) groups is 1. The van der Waals surface area contributed by atoms with Crippen LogP contribution in [0.5, 0.6) is 5.88 Å². The second-order valence-corrected chi connectivity index (χ2v) is 5.60. The maximum absolute atomic E-state index is 12.5. The van der Waals surface area contributed by atoms with Gasteiger partial charge in [-0.05, 0) is 25.5 Å². The molecular formula is C14H17ClF3N3O2. The monoisotopic (exact) mass is 351 g/mol. The van der Waals surface area contributed by atoms with E-state index in [0.29, 0.717) is 12.7 Å². The van der Waals surface area contributed by atoms with E-state index in [1.807, 2.05) is 0 Å². The van der Waals surface area contributed by atoms with Crippen LogP contribution in [0.25, 0.3) is 0 Å². The van der Waals surface area contributed by atoms with Crippen LogP contribution in [0.3, 0.4) is 0 Å². The molecule has 0 aromatic carbocycles. The largest absolute Gasteiger partial charge is 0.475 e. The zero-order valence-corrected chi connectivity index (χ0v) is 13.0. The van der Waals surface area contributed by atoms with Gasteiger partial charge in [0.25, 0.3) is 0 Å². The third kappa shape index (κ3) is 5.24. The first-order valence-corrected chi connectivity index (χ1v) is 7.59. The van der Waals surface area contributed by atoms with E-state index in [1.54, 1.807) is 0 Å². The Morgan fingerprint density at radius 1 is 1.52 bits per heavy atom.